The fourth-order valence-corrected chi connectivity index (χ4v) is 2.33. The summed E-state index contributed by atoms with van der Waals surface area (Å²) >= 11 is 4.91. The zero-order valence-electron chi connectivity index (χ0n) is 13.5. The van der Waals surface area contributed by atoms with E-state index in [-0.39, 0.29) is 10.7 Å². The van der Waals surface area contributed by atoms with Gasteiger partial charge in [0.25, 0.3) is 5.91 Å². The Bertz CT molecular complexity index is 783. The van der Waals surface area contributed by atoms with Gasteiger partial charge in [-0.25, -0.2) is 0 Å². The van der Waals surface area contributed by atoms with Gasteiger partial charge < -0.3 is 15.4 Å². The van der Waals surface area contributed by atoms with E-state index in [4.69, 9.17) is 17.0 Å². The number of anilines is 1. The molecule has 1 fully saturated rings. The third-order valence-electron chi connectivity index (χ3n) is 3.28. The van der Waals surface area contributed by atoms with Crippen LogP contribution in [0.2, 0.25) is 0 Å². The van der Waals surface area contributed by atoms with E-state index in [0.29, 0.717) is 11.4 Å². The van der Waals surface area contributed by atoms with Crippen molar-refractivity contribution in [3.8, 4) is 5.75 Å². The highest BCUT2D eigenvalue weighted by Crippen LogP contribution is 2.23. The summed E-state index contributed by atoms with van der Waals surface area (Å²) in [6.07, 6.45) is 0.604. The van der Waals surface area contributed by atoms with Crippen LogP contribution in [-0.4, -0.2) is 40.6 Å². The van der Waals surface area contributed by atoms with Crippen molar-refractivity contribution in [1.82, 2.24) is 10.2 Å². The number of nitrogens with zero attached hydrogens (tertiary/aromatic N) is 1. The molecule has 2 rings (SSSR count). The average molecular weight is 361 g/mol. The highest BCUT2D eigenvalue weighted by atomic mass is 32.1. The van der Waals surface area contributed by atoms with Gasteiger partial charge in [0.15, 0.2) is 10.9 Å². The predicted octanol–water partition coefficient (Wildman–Crippen LogP) is 0.740. The van der Waals surface area contributed by atoms with E-state index in [1.54, 1.807) is 24.3 Å². The number of para-hydroxylation sites is 2. The van der Waals surface area contributed by atoms with Crippen LogP contribution in [0.4, 0.5) is 5.69 Å². The minimum Gasteiger partial charge on any atom is -0.495 e. The highest BCUT2D eigenvalue weighted by Gasteiger charge is 2.29. The molecular weight excluding hydrogens is 346 g/mol. The third-order valence-corrected chi connectivity index (χ3v) is 3.58. The maximum Gasteiger partial charge on any atom is 0.260 e. The Morgan fingerprint density at radius 1 is 1.32 bits per heavy atom. The van der Waals surface area contributed by atoms with Crippen LogP contribution in [0.3, 0.4) is 0 Å². The summed E-state index contributed by atoms with van der Waals surface area (Å²) in [7, 11) is 1.44. The molecule has 0 spiro atoms. The van der Waals surface area contributed by atoms with Crippen LogP contribution in [0.1, 0.15) is 13.3 Å². The molecule has 0 aromatic heterocycles. The molecule has 0 atom stereocenters. The zero-order chi connectivity index (χ0) is 18.6. The lowest BCUT2D eigenvalue weighted by atomic mass is 10.1. The molecule has 0 unspecified atom stereocenters. The molecular formula is C16H15N3O5S. The topological polar surface area (TPSA) is 105 Å². The first-order chi connectivity index (χ1) is 11.8. The van der Waals surface area contributed by atoms with E-state index < -0.39 is 29.9 Å². The summed E-state index contributed by atoms with van der Waals surface area (Å²) in [5.74, 6) is -2.06. The van der Waals surface area contributed by atoms with Gasteiger partial charge in [-0.2, -0.15) is 0 Å². The second-order valence-corrected chi connectivity index (χ2v) is 5.43. The number of Topliss-reactive ketones (excluding diaryl/α,β-unsaturated/α-hetero) is 1. The summed E-state index contributed by atoms with van der Waals surface area (Å²) in [4.78, 5) is 48.4. The van der Waals surface area contributed by atoms with E-state index >= 15 is 0 Å². The molecule has 1 aliphatic rings. The Labute approximate surface area is 148 Å². The van der Waals surface area contributed by atoms with Crippen LogP contribution in [0.15, 0.2) is 36.0 Å². The number of nitrogens with one attached hydrogen (secondary N) is 2. The van der Waals surface area contributed by atoms with Crippen molar-refractivity contribution in [3.63, 3.8) is 0 Å². The second-order valence-electron chi connectivity index (χ2n) is 5.05. The molecule has 25 heavy (non-hydrogen) atoms. The summed E-state index contributed by atoms with van der Waals surface area (Å²) in [6.45, 7) is 1.18. The summed E-state index contributed by atoms with van der Waals surface area (Å²) in [5, 5.41) is 4.66. The monoisotopic (exact) mass is 361 g/mol. The first-order valence-corrected chi connectivity index (χ1v) is 7.57. The van der Waals surface area contributed by atoms with Gasteiger partial charge in [0.05, 0.1) is 18.4 Å². The first-order valence-electron chi connectivity index (χ1n) is 7.16. The number of hydrogen-bond acceptors (Lipinski definition) is 6. The lowest BCUT2D eigenvalue weighted by Crippen LogP contribution is -2.50. The average Bonchev–Trinajstić information content (AvgIpc) is 2.54. The number of carbonyl (C=O) groups excluding carboxylic acids is 4. The largest absolute Gasteiger partial charge is 0.495 e. The Morgan fingerprint density at radius 2 is 2.00 bits per heavy atom. The molecule has 2 N–H and O–H groups in total. The summed E-state index contributed by atoms with van der Waals surface area (Å²) in [6, 6.07) is 6.66. The van der Waals surface area contributed by atoms with Gasteiger partial charge in [-0.3, -0.25) is 24.1 Å². The standard InChI is InChI=1S/C16H15N3O5S/c1-9(20)10(8-19-14(22)7-13(21)18-16(19)25)15(23)17-11-5-3-4-6-12(11)24-2/h3-6,8H,7H2,1-2H3,(H,17,23)(H,18,21,25)/b10-8+. The van der Waals surface area contributed by atoms with Crippen molar-refractivity contribution in [3.05, 3.63) is 36.0 Å². The van der Waals surface area contributed by atoms with Crippen molar-refractivity contribution in [2.45, 2.75) is 13.3 Å². The van der Waals surface area contributed by atoms with Crippen molar-refractivity contribution < 1.29 is 23.9 Å². The lowest BCUT2D eigenvalue weighted by molar-refractivity contribution is -0.133. The van der Waals surface area contributed by atoms with Crippen molar-refractivity contribution in [2.75, 3.05) is 12.4 Å². The minimum absolute atomic E-state index is 0.190. The van der Waals surface area contributed by atoms with Gasteiger partial charge in [-0.15, -0.1) is 0 Å². The maximum absolute atomic E-state index is 12.4. The number of rotatable bonds is 5. The van der Waals surface area contributed by atoms with Crippen LogP contribution >= 0.6 is 12.2 Å². The summed E-state index contributed by atoms with van der Waals surface area (Å²) < 4.78 is 5.13. The fraction of sp³-hybridized carbons (Fsp3) is 0.188. The number of benzene rings is 1. The Morgan fingerprint density at radius 3 is 2.60 bits per heavy atom. The maximum atomic E-state index is 12.4. The Hall–Kier alpha value is -3.07. The Balaban J connectivity index is 2.29. The molecule has 3 amide bonds. The normalized spacial score (nSPS) is 14.9. The van der Waals surface area contributed by atoms with Crippen molar-refractivity contribution >= 4 is 46.5 Å². The SMILES string of the molecule is COc1ccccc1NC(=O)/C(=C/N1C(=O)CC(=O)NC1=S)C(C)=O. The molecule has 1 aliphatic heterocycles. The van der Waals surface area contributed by atoms with Crippen molar-refractivity contribution in [2.24, 2.45) is 0 Å². The Kier molecular flexibility index (Phi) is 5.60. The van der Waals surface area contributed by atoms with E-state index in [0.717, 1.165) is 11.1 Å². The molecule has 0 radical (unpaired) electrons. The quantitative estimate of drug-likeness (QED) is 0.347. The minimum atomic E-state index is -0.732. The van der Waals surface area contributed by atoms with E-state index in [1.807, 2.05) is 0 Å². The number of thiocarbonyl (C=S) groups is 1. The predicted molar refractivity (Wildman–Crippen MR) is 92.6 cm³/mol. The van der Waals surface area contributed by atoms with Crippen molar-refractivity contribution in [1.29, 1.82) is 0 Å². The van der Waals surface area contributed by atoms with E-state index in [9.17, 15) is 19.2 Å². The van der Waals surface area contributed by atoms with Gasteiger partial charge in [-0.05, 0) is 31.3 Å². The smallest absolute Gasteiger partial charge is 0.260 e. The molecule has 1 aromatic rings. The first kappa shape index (κ1) is 18.3. The number of ether oxygens (including phenoxy) is 1. The molecule has 0 saturated carbocycles. The molecule has 0 aliphatic carbocycles. The van der Waals surface area contributed by atoms with Gasteiger partial charge in [0, 0.05) is 6.20 Å². The van der Waals surface area contributed by atoms with Crippen LogP contribution in [0, 0.1) is 0 Å². The van der Waals surface area contributed by atoms with Gasteiger partial charge >= 0.3 is 0 Å². The molecule has 9 heteroatoms. The van der Waals surface area contributed by atoms with Gasteiger partial charge in [0.2, 0.25) is 11.8 Å². The second kappa shape index (κ2) is 7.67. The van der Waals surface area contributed by atoms with Crippen LogP contribution in [0.5, 0.6) is 5.75 Å². The zero-order valence-corrected chi connectivity index (χ0v) is 14.3. The molecule has 1 saturated heterocycles. The van der Waals surface area contributed by atoms with E-state index in [1.165, 1.54) is 14.0 Å². The molecule has 1 heterocycles. The van der Waals surface area contributed by atoms with Crippen LogP contribution < -0.4 is 15.4 Å². The van der Waals surface area contributed by atoms with Crippen LogP contribution in [0.25, 0.3) is 0 Å². The number of amides is 3. The number of methoxy groups -OCH3 is 1. The van der Waals surface area contributed by atoms with Crippen LogP contribution in [-0.2, 0) is 19.2 Å². The highest BCUT2D eigenvalue weighted by molar-refractivity contribution is 7.80. The summed E-state index contributed by atoms with van der Waals surface area (Å²) in [5.41, 5.74) is 0.0701. The lowest BCUT2D eigenvalue weighted by Gasteiger charge is -2.24. The fourth-order valence-electron chi connectivity index (χ4n) is 2.07. The van der Waals surface area contributed by atoms with E-state index in [2.05, 4.69) is 10.6 Å². The third kappa shape index (κ3) is 4.27. The molecule has 0 bridgehead atoms. The van der Waals surface area contributed by atoms with Gasteiger partial charge in [-0.1, -0.05) is 12.1 Å². The molecule has 1 aromatic carbocycles. The van der Waals surface area contributed by atoms with Gasteiger partial charge in [0.1, 0.15) is 12.2 Å². The molecule has 130 valence electrons. The molecule has 8 nitrogen and oxygen atoms in total. The number of carbonyl (C=O) groups is 4. The number of ketones is 1. The number of hydrogen-bond donors (Lipinski definition) is 2.